The van der Waals surface area contributed by atoms with E-state index in [4.69, 9.17) is 16.9 Å². The molecule has 0 atom stereocenters. The van der Waals surface area contributed by atoms with Crippen molar-refractivity contribution in [3.8, 4) is 11.8 Å². The Kier molecular flexibility index (Phi) is 5.41. The number of benzene rings is 2. The number of rotatable bonds is 3. The minimum Gasteiger partial charge on any atom is -0.507 e. The molecule has 0 fully saturated rings. The third-order valence-electron chi connectivity index (χ3n) is 2.77. The van der Waals surface area contributed by atoms with Crippen molar-refractivity contribution in [1.29, 1.82) is 5.26 Å². The van der Waals surface area contributed by atoms with Gasteiger partial charge in [-0.1, -0.05) is 29.8 Å². The molecule has 0 spiro atoms. The van der Waals surface area contributed by atoms with Crippen molar-refractivity contribution in [2.75, 3.05) is 5.32 Å². The predicted octanol–water partition coefficient (Wildman–Crippen LogP) is 4.20. The molecule has 2 aromatic rings. The van der Waals surface area contributed by atoms with Crippen LogP contribution in [0.15, 0.2) is 48.0 Å². The molecule has 0 aliphatic heterocycles. The summed E-state index contributed by atoms with van der Waals surface area (Å²) in [6, 6.07) is 13.5. The molecule has 110 valence electrons. The number of amides is 1. The largest absolute Gasteiger partial charge is 0.507 e. The van der Waals surface area contributed by atoms with Gasteiger partial charge in [-0.15, -0.1) is 0 Å². The SMILES string of the molecule is N#CC(=Cc1ccc(O)c(I)c1)C(=O)Nc1ccccc1Cl. The summed E-state index contributed by atoms with van der Waals surface area (Å²) in [5.74, 6) is -0.393. The maximum Gasteiger partial charge on any atom is 0.266 e. The number of phenols is 1. The van der Waals surface area contributed by atoms with Gasteiger partial charge in [0.15, 0.2) is 0 Å². The first-order valence-electron chi connectivity index (χ1n) is 6.17. The minimum absolute atomic E-state index is 0.0543. The first-order chi connectivity index (χ1) is 10.5. The summed E-state index contributed by atoms with van der Waals surface area (Å²) in [5.41, 5.74) is 1.03. The van der Waals surface area contributed by atoms with Gasteiger partial charge in [-0.25, -0.2) is 0 Å². The van der Waals surface area contributed by atoms with Crippen LogP contribution in [0, 0.1) is 14.9 Å². The molecule has 0 saturated carbocycles. The maximum atomic E-state index is 12.1. The molecule has 0 aliphatic rings. The normalized spacial score (nSPS) is 10.9. The molecule has 1 amide bonds. The summed E-state index contributed by atoms with van der Waals surface area (Å²) < 4.78 is 0.634. The van der Waals surface area contributed by atoms with Gasteiger partial charge < -0.3 is 10.4 Å². The highest BCUT2D eigenvalue weighted by Gasteiger charge is 2.11. The molecule has 6 heteroatoms. The first-order valence-corrected chi connectivity index (χ1v) is 7.63. The van der Waals surface area contributed by atoms with Gasteiger partial charge in [0, 0.05) is 0 Å². The van der Waals surface area contributed by atoms with Gasteiger partial charge in [-0.05, 0) is 58.5 Å². The summed E-state index contributed by atoms with van der Waals surface area (Å²) >= 11 is 7.94. The van der Waals surface area contributed by atoms with Crippen LogP contribution in [0.2, 0.25) is 5.02 Å². The molecule has 4 nitrogen and oxygen atoms in total. The lowest BCUT2D eigenvalue weighted by Crippen LogP contribution is -2.13. The fourth-order valence-electron chi connectivity index (χ4n) is 1.68. The van der Waals surface area contributed by atoms with Crippen molar-refractivity contribution in [2.45, 2.75) is 0 Å². The average molecular weight is 425 g/mol. The molecule has 2 rings (SSSR count). The summed E-state index contributed by atoms with van der Waals surface area (Å²) in [4.78, 5) is 12.1. The van der Waals surface area contributed by atoms with Gasteiger partial charge in [0.1, 0.15) is 17.4 Å². The molecule has 0 aromatic heterocycles. The van der Waals surface area contributed by atoms with E-state index in [9.17, 15) is 9.90 Å². The molecule has 0 aliphatic carbocycles. The van der Waals surface area contributed by atoms with E-state index in [1.54, 1.807) is 36.4 Å². The van der Waals surface area contributed by atoms with Gasteiger partial charge in [0.05, 0.1) is 14.3 Å². The summed E-state index contributed by atoms with van der Waals surface area (Å²) in [5, 5.41) is 21.6. The lowest BCUT2D eigenvalue weighted by atomic mass is 10.1. The Morgan fingerprint density at radius 3 is 2.68 bits per heavy atom. The van der Waals surface area contributed by atoms with E-state index in [-0.39, 0.29) is 11.3 Å². The van der Waals surface area contributed by atoms with Gasteiger partial charge in [0.25, 0.3) is 5.91 Å². The van der Waals surface area contributed by atoms with Crippen molar-refractivity contribution in [1.82, 2.24) is 0 Å². The number of phenolic OH excluding ortho intramolecular Hbond substituents is 1. The number of hydrogen-bond donors (Lipinski definition) is 2. The lowest BCUT2D eigenvalue weighted by Gasteiger charge is -2.06. The smallest absolute Gasteiger partial charge is 0.266 e. The highest BCUT2D eigenvalue weighted by molar-refractivity contribution is 14.1. The van der Waals surface area contributed by atoms with Crippen LogP contribution in [0.1, 0.15) is 5.56 Å². The minimum atomic E-state index is -0.543. The summed E-state index contributed by atoms with van der Waals surface area (Å²) in [6.45, 7) is 0. The van der Waals surface area contributed by atoms with Crippen LogP contribution >= 0.6 is 34.2 Å². The summed E-state index contributed by atoms with van der Waals surface area (Å²) in [7, 11) is 0. The highest BCUT2D eigenvalue weighted by Crippen LogP contribution is 2.23. The molecule has 0 heterocycles. The molecular formula is C16H10ClIN2O2. The lowest BCUT2D eigenvalue weighted by molar-refractivity contribution is -0.112. The predicted molar refractivity (Wildman–Crippen MR) is 94.5 cm³/mol. The number of para-hydroxylation sites is 1. The Bertz CT molecular complexity index is 797. The zero-order valence-electron chi connectivity index (χ0n) is 11.2. The standard InChI is InChI=1S/C16H10ClIN2O2/c17-12-3-1-2-4-14(12)20-16(22)11(9-19)7-10-5-6-15(21)13(18)8-10/h1-8,21H,(H,20,22). The number of halogens is 2. The van der Waals surface area contributed by atoms with E-state index >= 15 is 0 Å². The van der Waals surface area contributed by atoms with E-state index in [1.165, 1.54) is 12.1 Å². The van der Waals surface area contributed by atoms with Crippen molar-refractivity contribution in [3.63, 3.8) is 0 Å². The molecule has 0 unspecified atom stereocenters. The molecule has 0 radical (unpaired) electrons. The molecular weight excluding hydrogens is 415 g/mol. The summed E-state index contributed by atoms with van der Waals surface area (Å²) in [6.07, 6.45) is 1.45. The second-order valence-electron chi connectivity index (χ2n) is 4.31. The number of aromatic hydroxyl groups is 1. The van der Waals surface area contributed by atoms with E-state index in [0.29, 0.717) is 19.8 Å². The fraction of sp³-hybridized carbons (Fsp3) is 0. The Labute approximate surface area is 146 Å². The Hall–Kier alpha value is -2.04. The van der Waals surface area contributed by atoms with Crippen LogP contribution in [0.25, 0.3) is 6.08 Å². The van der Waals surface area contributed by atoms with Crippen LogP contribution < -0.4 is 5.32 Å². The van der Waals surface area contributed by atoms with Gasteiger partial charge in [0.2, 0.25) is 0 Å². The van der Waals surface area contributed by atoms with E-state index in [1.807, 2.05) is 28.7 Å². The van der Waals surface area contributed by atoms with Gasteiger partial charge in [-0.3, -0.25) is 4.79 Å². The van der Waals surface area contributed by atoms with Crippen molar-refractivity contribution >= 4 is 51.9 Å². The topological polar surface area (TPSA) is 73.1 Å². The van der Waals surface area contributed by atoms with Crippen LogP contribution in [0.3, 0.4) is 0 Å². The Morgan fingerprint density at radius 1 is 1.32 bits per heavy atom. The molecule has 0 saturated heterocycles. The number of carbonyl (C=O) groups is 1. The van der Waals surface area contributed by atoms with Crippen LogP contribution in [0.5, 0.6) is 5.75 Å². The highest BCUT2D eigenvalue weighted by atomic mass is 127. The third-order valence-corrected chi connectivity index (χ3v) is 3.96. The molecule has 2 aromatic carbocycles. The van der Waals surface area contributed by atoms with Crippen LogP contribution in [0.4, 0.5) is 5.69 Å². The number of hydrogen-bond acceptors (Lipinski definition) is 3. The van der Waals surface area contributed by atoms with Gasteiger partial charge >= 0.3 is 0 Å². The zero-order chi connectivity index (χ0) is 16.1. The van der Waals surface area contributed by atoms with Crippen LogP contribution in [-0.2, 0) is 4.79 Å². The fourth-order valence-corrected chi connectivity index (χ4v) is 2.40. The van der Waals surface area contributed by atoms with E-state index < -0.39 is 5.91 Å². The number of nitriles is 1. The molecule has 0 bridgehead atoms. The third kappa shape index (κ3) is 4.00. The Balaban J connectivity index is 2.26. The monoisotopic (exact) mass is 424 g/mol. The van der Waals surface area contributed by atoms with Crippen molar-refractivity contribution in [3.05, 3.63) is 62.2 Å². The number of nitrogens with one attached hydrogen (secondary N) is 1. The second kappa shape index (κ2) is 7.29. The van der Waals surface area contributed by atoms with Crippen molar-refractivity contribution in [2.24, 2.45) is 0 Å². The average Bonchev–Trinajstić information content (AvgIpc) is 2.50. The van der Waals surface area contributed by atoms with Crippen LogP contribution in [-0.4, -0.2) is 11.0 Å². The first kappa shape index (κ1) is 16.3. The number of anilines is 1. The van der Waals surface area contributed by atoms with E-state index in [2.05, 4.69) is 5.32 Å². The Morgan fingerprint density at radius 2 is 2.05 bits per heavy atom. The number of nitrogens with zero attached hydrogens (tertiary/aromatic N) is 1. The van der Waals surface area contributed by atoms with E-state index in [0.717, 1.165) is 0 Å². The number of carbonyl (C=O) groups excluding carboxylic acids is 1. The van der Waals surface area contributed by atoms with Crippen molar-refractivity contribution < 1.29 is 9.90 Å². The zero-order valence-corrected chi connectivity index (χ0v) is 14.1. The second-order valence-corrected chi connectivity index (χ2v) is 5.88. The molecule has 2 N–H and O–H groups in total. The molecule has 22 heavy (non-hydrogen) atoms. The quantitative estimate of drug-likeness (QED) is 0.441. The maximum absolute atomic E-state index is 12.1. The van der Waals surface area contributed by atoms with Gasteiger partial charge in [-0.2, -0.15) is 5.26 Å².